The van der Waals surface area contributed by atoms with Gasteiger partial charge in [-0.05, 0) is 0 Å². The van der Waals surface area contributed by atoms with E-state index in [-0.39, 0.29) is 0 Å². The second kappa shape index (κ2) is 3.18. The molecule has 0 atom stereocenters. The van der Waals surface area contributed by atoms with E-state index in [0.29, 0.717) is 10.5 Å². The summed E-state index contributed by atoms with van der Waals surface area (Å²) in [5.74, 6) is 6.60. The first-order valence-electron chi connectivity index (χ1n) is 2.92. The number of rotatable bonds is 1. The van der Waals surface area contributed by atoms with Crippen molar-refractivity contribution in [3.63, 3.8) is 0 Å². The summed E-state index contributed by atoms with van der Waals surface area (Å²) in [6.07, 6.45) is 2.54. The van der Waals surface area contributed by atoms with Gasteiger partial charge in [0.25, 0.3) is 0 Å². The topological polar surface area (TPSA) is 9.23 Å². The summed E-state index contributed by atoms with van der Waals surface area (Å²) in [5, 5.41) is 0. The molecular weight excluding hydrogens is 152 g/mol. The van der Waals surface area contributed by atoms with Crippen LogP contribution in [0.4, 0.5) is 0 Å². The molecule has 1 nitrogen and oxygen atoms in total. The van der Waals surface area contributed by atoms with Crippen molar-refractivity contribution in [3.05, 3.63) is 0 Å². The predicted octanol–water partition coefficient (Wildman–Crippen LogP) is 0.723. The molecule has 1 saturated carbocycles. The molecule has 0 spiro atoms. The molecule has 48 valence electrons. The summed E-state index contributed by atoms with van der Waals surface area (Å²) in [4.78, 5) is 0. The van der Waals surface area contributed by atoms with Gasteiger partial charge in [0, 0.05) is 0 Å². The van der Waals surface area contributed by atoms with Crippen LogP contribution in [0.25, 0.3) is 0 Å². The van der Waals surface area contributed by atoms with E-state index in [1.807, 2.05) is 0 Å². The monoisotopic (exact) mass is 160 g/mol. The number of methoxy groups -OCH3 is 1. The molecular formula is C7H8CrO. The fourth-order valence-electron chi connectivity index (χ4n) is 0.440. The van der Waals surface area contributed by atoms with Crippen molar-refractivity contribution < 1.29 is 20.6 Å². The minimum absolute atomic E-state index is 0.656. The van der Waals surface area contributed by atoms with Crippen molar-refractivity contribution in [3.8, 4) is 11.8 Å². The molecule has 0 radical (unpaired) electrons. The Balaban J connectivity index is 2.30. The average Bonchev–Trinajstić information content (AvgIpc) is 2.65. The van der Waals surface area contributed by atoms with Crippen LogP contribution in [-0.4, -0.2) is 11.7 Å². The fourth-order valence-corrected chi connectivity index (χ4v) is 0.532. The van der Waals surface area contributed by atoms with Crippen LogP contribution in [-0.2, 0) is 20.6 Å². The van der Waals surface area contributed by atoms with Crippen molar-refractivity contribution in [1.82, 2.24) is 0 Å². The Hall–Kier alpha value is -0.0775. The Bertz CT molecular complexity index is 171. The normalized spacial score (nSPS) is 16.1. The molecule has 0 bridgehead atoms. The molecule has 0 N–H and O–H groups in total. The molecule has 2 heteroatoms. The van der Waals surface area contributed by atoms with E-state index in [0.717, 1.165) is 0 Å². The second-order valence-corrected chi connectivity index (χ2v) is 2.61. The predicted molar refractivity (Wildman–Crippen MR) is 32.5 cm³/mol. The molecule has 0 saturated heterocycles. The van der Waals surface area contributed by atoms with Gasteiger partial charge in [-0.25, -0.2) is 0 Å². The van der Waals surface area contributed by atoms with Crippen molar-refractivity contribution in [2.24, 2.45) is 5.92 Å². The van der Waals surface area contributed by atoms with E-state index in [2.05, 4.69) is 27.7 Å². The van der Waals surface area contributed by atoms with Crippen LogP contribution >= 0.6 is 0 Å². The molecule has 1 aliphatic rings. The number of hydrogen-bond acceptors (Lipinski definition) is 1. The van der Waals surface area contributed by atoms with E-state index in [1.54, 1.807) is 7.11 Å². The van der Waals surface area contributed by atoms with Crippen LogP contribution in [0.5, 0.6) is 0 Å². The summed E-state index contributed by atoms with van der Waals surface area (Å²) in [7, 11) is 1.62. The third-order valence-corrected chi connectivity index (χ3v) is 1.56. The molecule has 0 aromatic rings. The maximum absolute atomic E-state index is 4.82. The SMILES string of the molecule is CO[C](=[Cr])C#CC1CC1. The molecule has 1 fully saturated rings. The average molecular weight is 160 g/mol. The van der Waals surface area contributed by atoms with Gasteiger partial charge < -0.3 is 0 Å². The zero-order chi connectivity index (χ0) is 6.69. The Kier molecular flexibility index (Phi) is 2.49. The third-order valence-electron chi connectivity index (χ3n) is 1.14. The Morgan fingerprint density at radius 3 is 2.78 bits per heavy atom. The summed E-state index contributed by atoms with van der Waals surface area (Å²) < 4.78 is 5.51. The molecule has 9 heavy (non-hydrogen) atoms. The standard InChI is InChI=1S/C7H8O.Cr/c1-8-6-2-3-7-4-5-7;/h7H,4-5H2,1H3;. The van der Waals surface area contributed by atoms with Gasteiger partial charge in [-0.2, -0.15) is 0 Å². The van der Waals surface area contributed by atoms with Gasteiger partial charge in [-0.1, -0.05) is 0 Å². The first-order valence-corrected chi connectivity index (χ1v) is 3.56. The number of hydrogen-bond donors (Lipinski definition) is 0. The summed E-state index contributed by atoms with van der Waals surface area (Å²) in [6, 6.07) is 0. The zero-order valence-electron chi connectivity index (χ0n) is 5.31. The van der Waals surface area contributed by atoms with Crippen LogP contribution in [0.3, 0.4) is 0 Å². The van der Waals surface area contributed by atoms with Crippen LogP contribution < -0.4 is 0 Å². The molecule has 0 unspecified atom stereocenters. The van der Waals surface area contributed by atoms with Gasteiger partial charge in [-0.3, -0.25) is 0 Å². The third kappa shape index (κ3) is 2.82. The van der Waals surface area contributed by atoms with Gasteiger partial charge in [0.15, 0.2) is 0 Å². The first-order chi connectivity index (χ1) is 4.33. The minimum atomic E-state index is 0.656. The fraction of sp³-hybridized carbons (Fsp3) is 0.571. The first kappa shape index (κ1) is 7.03. The molecule has 0 aromatic carbocycles. The van der Waals surface area contributed by atoms with E-state index >= 15 is 0 Å². The molecule has 0 aromatic heterocycles. The Morgan fingerprint density at radius 2 is 2.33 bits per heavy atom. The summed E-state index contributed by atoms with van der Waals surface area (Å²) in [6.45, 7) is 0. The Morgan fingerprint density at radius 1 is 1.67 bits per heavy atom. The van der Waals surface area contributed by atoms with E-state index in [4.69, 9.17) is 4.74 Å². The van der Waals surface area contributed by atoms with Gasteiger partial charge in [0.05, 0.1) is 0 Å². The van der Waals surface area contributed by atoms with Crippen molar-refractivity contribution >= 4 is 4.57 Å². The second-order valence-electron chi connectivity index (χ2n) is 2.04. The van der Waals surface area contributed by atoms with Gasteiger partial charge in [0.1, 0.15) is 0 Å². The van der Waals surface area contributed by atoms with Crippen molar-refractivity contribution in [2.45, 2.75) is 12.8 Å². The van der Waals surface area contributed by atoms with Crippen LogP contribution in [0.15, 0.2) is 0 Å². The summed E-state index contributed by atoms with van der Waals surface area (Å²) >= 11 is 2.73. The molecule has 0 heterocycles. The zero-order valence-corrected chi connectivity index (χ0v) is 6.58. The van der Waals surface area contributed by atoms with Crippen molar-refractivity contribution in [1.29, 1.82) is 0 Å². The van der Waals surface area contributed by atoms with E-state index in [9.17, 15) is 0 Å². The molecule has 1 rings (SSSR count). The molecule has 0 aliphatic heterocycles. The quantitative estimate of drug-likeness (QED) is 0.513. The van der Waals surface area contributed by atoms with Gasteiger partial charge in [-0.15, -0.1) is 0 Å². The Labute approximate surface area is 63.4 Å². The maximum atomic E-state index is 4.82. The van der Waals surface area contributed by atoms with E-state index < -0.39 is 0 Å². The van der Waals surface area contributed by atoms with E-state index in [1.165, 1.54) is 12.8 Å². The van der Waals surface area contributed by atoms with Gasteiger partial charge in [0.2, 0.25) is 0 Å². The van der Waals surface area contributed by atoms with Crippen molar-refractivity contribution in [2.75, 3.05) is 7.11 Å². The van der Waals surface area contributed by atoms with Gasteiger partial charge >= 0.3 is 62.9 Å². The molecule has 1 aliphatic carbocycles. The van der Waals surface area contributed by atoms with Crippen LogP contribution in [0.2, 0.25) is 0 Å². The number of ether oxygens (including phenoxy) is 1. The van der Waals surface area contributed by atoms with Crippen LogP contribution in [0.1, 0.15) is 12.8 Å². The van der Waals surface area contributed by atoms with Crippen LogP contribution in [0, 0.1) is 17.8 Å². The molecule has 0 amide bonds. The summed E-state index contributed by atoms with van der Waals surface area (Å²) in [5.41, 5.74) is 0.